The van der Waals surface area contributed by atoms with Gasteiger partial charge in [0.15, 0.2) is 0 Å². The van der Waals surface area contributed by atoms with E-state index in [0.717, 1.165) is 23.9 Å². The minimum atomic E-state index is -1.33. The molecule has 0 aliphatic carbocycles. The Bertz CT molecular complexity index is 1040. The molecule has 0 spiro atoms. The number of halogens is 3. The summed E-state index contributed by atoms with van der Waals surface area (Å²) in [6.45, 7) is 1.61. The normalized spacial score (nSPS) is 28.5. The average Bonchev–Trinajstić information content (AvgIpc) is 3.30. The van der Waals surface area contributed by atoms with Gasteiger partial charge in [-0.2, -0.15) is 5.10 Å². The minimum absolute atomic E-state index is 0.0682. The third kappa shape index (κ3) is 3.89. The van der Waals surface area contributed by atoms with Crippen LogP contribution in [0.1, 0.15) is 42.5 Å². The first kappa shape index (κ1) is 22.7. The van der Waals surface area contributed by atoms with Crippen LogP contribution in [0.3, 0.4) is 0 Å². The molecule has 1 aromatic carbocycles. The number of nitrogens with two attached hydrogens (primary N) is 2. The Morgan fingerprint density at radius 1 is 1.28 bits per heavy atom. The topological polar surface area (TPSA) is 99.4 Å². The number of thioether (sulfide) groups is 1. The fourth-order valence-electron chi connectivity index (χ4n) is 4.20. The van der Waals surface area contributed by atoms with E-state index in [9.17, 15) is 18.0 Å². The fourth-order valence-corrected chi connectivity index (χ4v) is 5.40. The predicted octanol–water partition coefficient (Wildman–Crippen LogP) is 3.18. The van der Waals surface area contributed by atoms with Crippen molar-refractivity contribution in [1.82, 2.24) is 9.78 Å². The van der Waals surface area contributed by atoms with Crippen molar-refractivity contribution in [2.24, 2.45) is 18.5 Å². The van der Waals surface area contributed by atoms with Crippen molar-refractivity contribution >= 4 is 23.4 Å². The highest BCUT2D eigenvalue weighted by atomic mass is 32.2. The third-order valence-electron chi connectivity index (χ3n) is 5.83. The van der Waals surface area contributed by atoms with E-state index < -0.39 is 47.3 Å². The van der Waals surface area contributed by atoms with Gasteiger partial charge in [-0.3, -0.25) is 9.48 Å². The monoisotopic (exact) mass is 467 g/mol. The molecule has 3 heterocycles. The Kier molecular flexibility index (Phi) is 6.24. The number of hydrogen-bond acceptors (Lipinski definition) is 6. The van der Waals surface area contributed by atoms with Crippen LogP contribution in [0, 0.1) is 11.6 Å². The number of aromatic nitrogens is 2. The molecule has 11 heteroatoms. The van der Waals surface area contributed by atoms with Crippen molar-refractivity contribution in [2.75, 3.05) is 4.90 Å². The molecular formula is C21H24F3N5O2S. The Labute approximate surface area is 187 Å². The van der Waals surface area contributed by atoms with Crippen molar-refractivity contribution in [1.29, 1.82) is 0 Å². The number of carbonyl (C=O) groups excluding carboxylic acids is 1. The lowest BCUT2D eigenvalue weighted by atomic mass is 10.0. The average molecular weight is 468 g/mol. The number of anilines is 1. The first-order chi connectivity index (χ1) is 15.2. The molecule has 2 aliphatic heterocycles. The van der Waals surface area contributed by atoms with Crippen molar-refractivity contribution in [3.63, 3.8) is 0 Å². The summed E-state index contributed by atoms with van der Waals surface area (Å²) in [7, 11) is 1.68. The summed E-state index contributed by atoms with van der Waals surface area (Å²) in [5, 5.41) is 4.83. The van der Waals surface area contributed by atoms with E-state index in [-0.39, 0.29) is 11.3 Å². The van der Waals surface area contributed by atoms with Gasteiger partial charge in [0.25, 0.3) is 5.91 Å². The molecule has 2 aliphatic rings. The molecule has 0 saturated carbocycles. The molecule has 1 saturated heterocycles. The van der Waals surface area contributed by atoms with Gasteiger partial charge in [0.05, 0.1) is 29.2 Å². The fraction of sp³-hybridized carbons (Fsp3) is 0.429. The summed E-state index contributed by atoms with van der Waals surface area (Å²) in [5.41, 5.74) is 12.3. The van der Waals surface area contributed by atoms with Crippen LogP contribution in [-0.4, -0.2) is 34.0 Å². The number of benzene rings is 1. The number of amides is 1. The molecule has 4 N–H and O–H groups in total. The smallest absolute Gasteiger partial charge is 0.265 e. The molecule has 7 nitrogen and oxygen atoms in total. The number of primary amides is 1. The Morgan fingerprint density at radius 2 is 1.97 bits per heavy atom. The van der Waals surface area contributed by atoms with Crippen LogP contribution in [0.15, 0.2) is 35.5 Å². The van der Waals surface area contributed by atoms with Crippen LogP contribution in [0.5, 0.6) is 0 Å². The minimum Gasteiger partial charge on any atom is -0.366 e. The van der Waals surface area contributed by atoms with Gasteiger partial charge in [-0.1, -0.05) is 6.07 Å². The summed E-state index contributed by atoms with van der Waals surface area (Å²) >= 11 is 1.06. The predicted molar refractivity (Wildman–Crippen MR) is 115 cm³/mol. The maximum absolute atomic E-state index is 14.7. The maximum Gasteiger partial charge on any atom is 0.265 e. The number of ether oxygens (including phenoxy) is 1. The summed E-state index contributed by atoms with van der Waals surface area (Å²) in [6, 6.07) is 2.91. The molecular weight excluding hydrogens is 443 g/mol. The third-order valence-corrected chi connectivity index (χ3v) is 6.89. The van der Waals surface area contributed by atoms with Crippen molar-refractivity contribution in [3.8, 4) is 0 Å². The van der Waals surface area contributed by atoms with Gasteiger partial charge in [0.2, 0.25) is 0 Å². The van der Waals surface area contributed by atoms with Crippen LogP contribution >= 0.6 is 11.8 Å². The molecule has 0 bridgehead atoms. The quantitative estimate of drug-likeness (QED) is 0.717. The van der Waals surface area contributed by atoms with E-state index in [1.54, 1.807) is 18.7 Å². The maximum atomic E-state index is 14.7. The van der Waals surface area contributed by atoms with Gasteiger partial charge in [-0.15, -0.1) is 11.8 Å². The van der Waals surface area contributed by atoms with Crippen LogP contribution in [-0.2, 0) is 16.6 Å². The highest BCUT2D eigenvalue weighted by Gasteiger charge is 2.40. The molecule has 1 amide bonds. The second-order valence-electron chi connectivity index (χ2n) is 7.92. The first-order valence-corrected chi connectivity index (χ1v) is 11.1. The zero-order chi connectivity index (χ0) is 23.2. The molecule has 2 aromatic rings. The highest BCUT2D eigenvalue weighted by Crippen LogP contribution is 2.49. The Balaban J connectivity index is 1.80. The lowest BCUT2D eigenvalue weighted by Crippen LogP contribution is -2.37. The van der Waals surface area contributed by atoms with E-state index >= 15 is 0 Å². The number of hydrogen-bond donors (Lipinski definition) is 2. The first-order valence-electron chi connectivity index (χ1n) is 10.2. The largest absolute Gasteiger partial charge is 0.366 e. The zero-order valence-corrected chi connectivity index (χ0v) is 18.4. The van der Waals surface area contributed by atoms with E-state index in [2.05, 4.69) is 5.10 Å². The van der Waals surface area contributed by atoms with Crippen molar-refractivity contribution < 1.29 is 22.7 Å². The molecule has 1 aromatic heterocycles. The van der Waals surface area contributed by atoms with E-state index in [4.69, 9.17) is 16.2 Å². The number of rotatable bonds is 4. The molecule has 5 atom stereocenters. The van der Waals surface area contributed by atoms with Gasteiger partial charge in [-0.25, -0.2) is 13.2 Å². The number of carbonyl (C=O) groups is 1. The zero-order valence-electron chi connectivity index (χ0n) is 17.5. The van der Waals surface area contributed by atoms with Gasteiger partial charge >= 0.3 is 0 Å². The summed E-state index contributed by atoms with van der Waals surface area (Å²) < 4.78 is 51.3. The second-order valence-corrected chi connectivity index (χ2v) is 8.87. The molecule has 0 radical (unpaired) electrons. The number of aryl methyl sites for hydroxylation is 1. The molecule has 1 unspecified atom stereocenters. The van der Waals surface area contributed by atoms with Crippen molar-refractivity contribution in [3.05, 3.63) is 58.4 Å². The van der Waals surface area contributed by atoms with Crippen LogP contribution in [0.25, 0.3) is 0 Å². The van der Waals surface area contributed by atoms with E-state index in [0.29, 0.717) is 24.2 Å². The second kappa shape index (κ2) is 8.80. The molecule has 4 rings (SSSR count). The Morgan fingerprint density at radius 3 is 2.62 bits per heavy atom. The summed E-state index contributed by atoms with van der Waals surface area (Å²) in [5.74, 6) is -2.25. The van der Waals surface area contributed by atoms with Gasteiger partial charge in [0, 0.05) is 18.5 Å². The lowest BCUT2D eigenvalue weighted by Gasteiger charge is -2.30. The standard InChI is InChI=1S/C21H24F3N5O2S/c1-10-18(24)13(25)6-7-16(31-10)19-14(8-27-28(19)2)29-15(20(26)30)9-32-21(29)17-11(22)4-3-5-12(17)23/h3-5,8-10,13,16,18,21H,6-7,25H2,1-2H3,(H2,26,30)/t10-,13+,16-,18+,21?/m0/s1. The van der Waals surface area contributed by atoms with Crippen LogP contribution in [0.4, 0.5) is 18.9 Å². The number of nitrogens with zero attached hydrogens (tertiary/aromatic N) is 3. The van der Waals surface area contributed by atoms with E-state index in [1.165, 1.54) is 22.6 Å². The van der Waals surface area contributed by atoms with Crippen molar-refractivity contribution in [2.45, 2.75) is 49.6 Å². The van der Waals surface area contributed by atoms with Gasteiger partial charge < -0.3 is 21.1 Å². The molecule has 172 valence electrons. The highest BCUT2D eigenvalue weighted by molar-refractivity contribution is 8.02. The van der Waals surface area contributed by atoms with Crippen LogP contribution < -0.4 is 16.4 Å². The van der Waals surface area contributed by atoms with Gasteiger partial charge in [0.1, 0.15) is 35.0 Å². The SMILES string of the molecule is C[C@@H]1O[C@H](c2c(N3C(C(N)=O)=CSC3c3c(F)cccc3F)cnn2C)CC[C@@H](N)[C@@H]1F. The van der Waals surface area contributed by atoms with Crippen LogP contribution in [0.2, 0.25) is 0 Å². The summed E-state index contributed by atoms with van der Waals surface area (Å²) in [6.07, 6.45) is -0.424. The number of alkyl halides is 1. The lowest BCUT2D eigenvalue weighted by molar-refractivity contribution is -0.114. The molecule has 32 heavy (non-hydrogen) atoms. The molecule has 1 fully saturated rings. The summed E-state index contributed by atoms with van der Waals surface area (Å²) in [4.78, 5) is 13.7. The Hall–Kier alpha value is -2.50. The van der Waals surface area contributed by atoms with E-state index in [1.807, 2.05) is 0 Å². The van der Waals surface area contributed by atoms with Gasteiger partial charge in [-0.05, 0) is 31.9 Å².